The molecule has 29 heavy (non-hydrogen) atoms. The molecular formula is C22H25ClN2O3S. The molecule has 2 atom stereocenters. The summed E-state index contributed by atoms with van der Waals surface area (Å²) in [5.41, 5.74) is 1.98. The molecule has 1 aromatic carbocycles. The molecule has 1 aliphatic carbocycles. The predicted molar refractivity (Wildman–Crippen MR) is 116 cm³/mol. The lowest BCUT2D eigenvalue weighted by molar-refractivity contribution is -0.125. The van der Waals surface area contributed by atoms with Gasteiger partial charge in [-0.3, -0.25) is 9.59 Å². The monoisotopic (exact) mass is 432 g/mol. The Kier molecular flexibility index (Phi) is 6.23. The number of hydrogen-bond donors (Lipinski definition) is 1. The van der Waals surface area contributed by atoms with Crippen LogP contribution in [0.25, 0.3) is 0 Å². The zero-order chi connectivity index (χ0) is 20.4. The third-order valence-corrected chi connectivity index (χ3v) is 7.09. The maximum atomic E-state index is 13.0. The fraction of sp³-hybridized carbons (Fsp3) is 0.455. The first-order chi connectivity index (χ1) is 14.1. The van der Waals surface area contributed by atoms with E-state index in [0.29, 0.717) is 24.8 Å². The third kappa shape index (κ3) is 4.20. The molecule has 1 fully saturated rings. The minimum absolute atomic E-state index is 0.0510. The van der Waals surface area contributed by atoms with Gasteiger partial charge in [0, 0.05) is 37.0 Å². The van der Waals surface area contributed by atoms with Gasteiger partial charge in [-0.15, -0.1) is 11.3 Å². The average Bonchev–Trinajstić information content (AvgIpc) is 3.19. The number of amides is 1. The fourth-order valence-corrected chi connectivity index (χ4v) is 5.45. The van der Waals surface area contributed by atoms with Crippen LogP contribution in [0, 0.1) is 5.92 Å². The van der Waals surface area contributed by atoms with Crippen molar-refractivity contribution in [3.8, 4) is 0 Å². The Morgan fingerprint density at radius 2 is 2.00 bits per heavy atom. The van der Waals surface area contributed by atoms with Gasteiger partial charge in [-0.1, -0.05) is 30.7 Å². The summed E-state index contributed by atoms with van der Waals surface area (Å²) >= 11 is 7.64. The summed E-state index contributed by atoms with van der Waals surface area (Å²) < 4.78 is 5.46. The lowest BCUT2D eigenvalue weighted by Crippen LogP contribution is -2.38. The number of halogens is 1. The third-order valence-electron chi connectivity index (χ3n) is 5.58. The molecule has 4 rings (SSSR count). The molecule has 7 heteroatoms. The van der Waals surface area contributed by atoms with E-state index in [4.69, 9.17) is 16.3 Å². The Hall–Kier alpha value is -1.89. The van der Waals surface area contributed by atoms with Crippen molar-refractivity contribution in [2.75, 3.05) is 37.7 Å². The Morgan fingerprint density at radius 3 is 2.69 bits per heavy atom. The van der Waals surface area contributed by atoms with E-state index in [-0.39, 0.29) is 24.0 Å². The van der Waals surface area contributed by atoms with E-state index in [1.807, 2.05) is 31.2 Å². The van der Waals surface area contributed by atoms with Crippen molar-refractivity contribution in [2.24, 2.45) is 5.92 Å². The molecule has 2 heterocycles. The number of morpholine rings is 1. The van der Waals surface area contributed by atoms with Crippen LogP contribution in [0.3, 0.4) is 0 Å². The van der Waals surface area contributed by atoms with Crippen LogP contribution in [0.15, 0.2) is 30.3 Å². The number of Topliss-reactive ketones (excluding diaryl/α,β-unsaturated/α-hetero) is 1. The van der Waals surface area contributed by atoms with Gasteiger partial charge in [0.1, 0.15) is 0 Å². The number of ether oxygens (including phenoxy) is 1. The minimum Gasteiger partial charge on any atom is -0.378 e. The Bertz CT molecular complexity index is 890. The summed E-state index contributed by atoms with van der Waals surface area (Å²) in [4.78, 5) is 29.0. The van der Waals surface area contributed by atoms with Crippen molar-refractivity contribution >= 4 is 39.6 Å². The number of fused-ring (bicyclic) bond motifs is 1. The molecule has 1 aliphatic heterocycles. The minimum atomic E-state index is -0.408. The molecule has 154 valence electrons. The number of benzene rings is 1. The second-order valence-electron chi connectivity index (χ2n) is 7.52. The summed E-state index contributed by atoms with van der Waals surface area (Å²) in [6, 6.07) is 9.76. The number of thiophene rings is 1. The Morgan fingerprint density at radius 1 is 1.28 bits per heavy atom. The maximum Gasteiger partial charge on any atom is 0.224 e. The number of nitrogens with one attached hydrogen (secondary N) is 1. The van der Waals surface area contributed by atoms with Gasteiger partial charge in [-0.2, -0.15) is 0 Å². The SMILES string of the molecule is CCCNC(=O)[C@@H]1CC(=O)c2sc(N3CCOCC3)cc2[C@H]1c1ccc(Cl)cc1. The number of ketones is 1. The van der Waals surface area contributed by atoms with Crippen molar-refractivity contribution in [1.29, 1.82) is 0 Å². The quantitative estimate of drug-likeness (QED) is 0.772. The summed E-state index contributed by atoms with van der Waals surface area (Å²) in [5.74, 6) is -0.547. The molecule has 0 radical (unpaired) electrons. The van der Waals surface area contributed by atoms with E-state index in [2.05, 4.69) is 16.3 Å². The highest BCUT2D eigenvalue weighted by molar-refractivity contribution is 7.18. The number of anilines is 1. The first-order valence-corrected chi connectivity index (χ1v) is 11.3. The van der Waals surface area contributed by atoms with E-state index in [0.717, 1.165) is 40.5 Å². The van der Waals surface area contributed by atoms with Gasteiger partial charge < -0.3 is 15.0 Å². The van der Waals surface area contributed by atoms with Gasteiger partial charge in [0.2, 0.25) is 5.91 Å². The van der Waals surface area contributed by atoms with Crippen LogP contribution in [0.5, 0.6) is 0 Å². The van der Waals surface area contributed by atoms with Crippen molar-refractivity contribution in [3.63, 3.8) is 0 Å². The normalized spacial score (nSPS) is 21.7. The predicted octanol–water partition coefficient (Wildman–Crippen LogP) is 4.10. The van der Waals surface area contributed by atoms with Crippen LogP contribution in [-0.4, -0.2) is 44.5 Å². The molecule has 0 bridgehead atoms. The first kappa shape index (κ1) is 20.4. The summed E-state index contributed by atoms with van der Waals surface area (Å²) in [5, 5.41) is 4.74. The Labute approximate surface area is 180 Å². The molecule has 1 amide bonds. The van der Waals surface area contributed by atoms with Crippen LogP contribution in [-0.2, 0) is 9.53 Å². The molecule has 1 N–H and O–H groups in total. The highest BCUT2D eigenvalue weighted by Gasteiger charge is 2.41. The van der Waals surface area contributed by atoms with E-state index < -0.39 is 5.92 Å². The van der Waals surface area contributed by atoms with Gasteiger partial charge >= 0.3 is 0 Å². The molecule has 1 saturated heterocycles. The van der Waals surface area contributed by atoms with Crippen molar-refractivity contribution in [2.45, 2.75) is 25.7 Å². The molecule has 2 aliphatic rings. The highest BCUT2D eigenvalue weighted by Crippen LogP contribution is 2.46. The zero-order valence-electron chi connectivity index (χ0n) is 16.4. The molecule has 1 aromatic heterocycles. The average molecular weight is 433 g/mol. The van der Waals surface area contributed by atoms with E-state index in [1.54, 1.807) is 11.3 Å². The van der Waals surface area contributed by atoms with Crippen LogP contribution < -0.4 is 10.2 Å². The number of hydrogen-bond acceptors (Lipinski definition) is 5. The van der Waals surface area contributed by atoms with E-state index in [9.17, 15) is 9.59 Å². The second-order valence-corrected chi connectivity index (χ2v) is 8.99. The first-order valence-electron chi connectivity index (χ1n) is 10.1. The molecular weight excluding hydrogens is 408 g/mol. The number of nitrogens with zero attached hydrogens (tertiary/aromatic N) is 1. The molecule has 2 aromatic rings. The lowest BCUT2D eigenvalue weighted by atomic mass is 9.73. The molecule has 0 spiro atoms. The van der Waals surface area contributed by atoms with Crippen molar-refractivity contribution < 1.29 is 14.3 Å². The summed E-state index contributed by atoms with van der Waals surface area (Å²) in [6.07, 6.45) is 1.10. The smallest absolute Gasteiger partial charge is 0.224 e. The van der Waals surface area contributed by atoms with Crippen LogP contribution in [0.2, 0.25) is 5.02 Å². The molecule has 5 nitrogen and oxygen atoms in total. The van der Waals surface area contributed by atoms with E-state index in [1.165, 1.54) is 0 Å². The van der Waals surface area contributed by atoms with Crippen LogP contribution in [0.1, 0.15) is 46.5 Å². The summed E-state index contributed by atoms with van der Waals surface area (Å²) in [7, 11) is 0. The van der Waals surface area contributed by atoms with Gasteiger partial charge in [0.25, 0.3) is 0 Å². The van der Waals surface area contributed by atoms with Crippen molar-refractivity contribution in [1.82, 2.24) is 5.32 Å². The van der Waals surface area contributed by atoms with E-state index >= 15 is 0 Å². The van der Waals surface area contributed by atoms with Gasteiger partial charge in [-0.05, 0) is 35.7 Å². The summed E-state index contributed by atoms with van der Waals surface area (Å²) in [6.45, 7) is 5.67. The van der Waals surface area contributed by atoms with Gasteiger partial charge in [-0.25, -0.2) is 0 Å². The van der Waals surface area contributed by atoms with Gasteiger partial charge in [0.15, 0.2) is 5.78 Å². The van der Waals surface area contributed by atoms with Gasteiger partial charge in [0.05, 0.1) is 29.0 Å². The topological polar surface area (TPSA) is 58.6 Å². The second kappa shape index (κ2) is 8.86. The molecule has 0 saturated carbocycles. The van der Waals surface area contributed by atoms with Crippen LogP contribution >= 0.6 is 22.9 Å². The highest BCUT2D eigenvalue weighted by atomic mass is 35.5. The lowest BCUT2D eigenvalue weighted by Gasteiger charge is -2.30. The van der Waals surface area contributed by atoms with Crippen molar-refractivity contribution in [3.05, 3.63) is 51.4 Å². The maximum absolute atomic E-state index is 13.0. The fourth-order valence-electron chi connectivity index (χ4n) is 4.11. The standard InChI is InChI=1S/C22H25ClN2O3S/c1-2-7-24-22(27)17-12-18(26)21-16(20(17)14-3-5-15(23)6-4-14)13-19(29-21)25-8-10-28-11-9-25/h3-6,13,17,20H,2,7-12H2,1H3,(H,24,27)/t17-,20-/m1/s1. The van der Waals surface area contributed by atoms with Crippen LogP contribution in [0.4, 0.5) is 5.00 Å². The largest absolute Gasteiger partial charge is 0.378 e. The number of carbonyl (C=O) groups is 2. The number of rotatable bonds is 5. The Balaban J connectivity index is 1.74. The molecule has 0 unspecified atom stereocenters. The number of carbonyl (C=O) groups excluding carboxylic acids is 2. The zero-order valence-corrected chi connectivity index (χ0v) is 18.0.